The zero-order valence-electron chi connectivity index (χ0n) is 12.5. The lowest BCUT2D eigenvalue weighted by molar-refractivity contribution is 0.204. The first-order valence-corrected chi connectivity index (χ1v) is 7.85. The van der Waals surface area contributed by atoms with Crippen molar-refractivity contribution in [3.05, 3.63) is 51.5 Å². The van der Waals surface area contributed by atoms with E-state index in [9.17, 15) is 0 Å². The van der Waals surface area contributed by atoms with Gasteiger partial charge in [-0.1, -0.05) is 30.3 Å². The van der Waals surface area contributed by atoms with Gasteiger partial charge in [0.2, 0.25) is 0 Å². The fraction of sp³-hybridized carbons (Fsp3) is 0.438. The third-order valence-corrected chi connectivity index (χ3v) is 4.43. The van der Waals surface area contributed by atoms with Gasteiger partial charge in [-0.2, -0.15) is 0 Å². The molecular weight excluding hydrogens is 266 g/mol. The van der Waals surface area contributed by atoms with Crippen LogP contribution in [0.2, 0.25) is 0 Å². The molecule has 1 atom stereocenters. The van der Waals surface area contributed by atoms with E-state index in [1.807, 2.05) is 6.07 Å². The first kappa shape index (κ1) is 15.2. The molecule has 108 valence electrons. The number of aromatic nitrogens is 1. The third-order valence-electron chi connectivity index (χ3n) is 3.53. The van der Waals surface area contributed by atoms with E-state index >= 15 is 0 Å². The second-order valence-corrected chi connectivity index (χ2v) is 6.50. The predicted molar refractivity (Wildman–Crippen MR) is 85.9 cm³/mol. The van der Waals surface area contributed by atoms with Gasteiger partial charge in [0, 0.05) is 24.5 Å². The highest BCUT2D eigenvalue weighted by molar-refractivity contribution is 7.11. The molecule has 1 unspecified atom stereocenters. The van der Waals surface area contributed by atoms with Gasteiger partial charge in [-0.15, -0.1) is 11.3 Å². The minimum Gasteiger partial charge on any atom is -0.329 e. The second kappa shape index (κ2) is 6.97. The van der Waals surface area contributed by atoms with Crippen molar-refractivity contribution < 1.29 is 0 Å². The van der Waals surface area contributed by atoms with Crippen molar-refractivity contribution in [3.8, 4) is 0 Å². The number of thiazole rings is 1. The Kier molecular flexibility index (Phi) is 5.29. The highest BCUT2D eigenvalue weighted by Crippen LogP contribution is 2.27. The van der Waals surface area contributed by atoms with Gasteiger partial charge in [-0.3, -0.25) is 4.90 Å². The summed E-state index contributed by atoms with van der Waals surface area (Å²) in [5, 5.41) is 1.14. The summed E-state index contributed by atoms with van der Waals surface area (Å²) >= 11 is 1.77. The summed E-state index contributed by atoms with van der Waals surface area (Å²) < 4.78 is 0. The lowest BCUT2D eigenvalue weighted by Gasteiger charge is -2.28. The molecule has 0 saturated heterocycles. The van der Waals surface area contributed by atoms with E-state index in [-0.39, 0.29) is 0 Å². The smallest absolute Gasteiger partial charge is 0.0900 e. The van der Waals surface area contributed by atoms with Crippen molar-refractivity contribution in [2.75, 3.05) is 13.1 Å². The molecule has 20 heavy (non-hydrogen) atoms. The molecule has 1 aromatic carbocycles. The van der Waals surface area contributed by atoms with E-state index in [0.717, 1.165) is 18.1 Å². The van der Waals surface area contributed by atoms with Crippen molar-refractivity contribution in [2.45, 2.75) is 33.4 Å². The van der Waals surface area contributed by atoms with Crippen molar-refractivity contribution in [1.82, 2.24) is 9.88 Å². The van der Waals surface area contributed by atoms with Crippen molar-refractivity contribution >= 4 is 11.3 Å². The van der Waals surface area contributed by atoms with Crippen LogP contribution in [0.5, 0.6) is 0 Å². The zero-order valence-corrected chi connectivity index (χ0v) is 13.3. The van der Waals surface area contributed by atoms with Crippen LogP contribution >= 0.6 is 11.3 Å². The van der Waals surface area contributed by atoms with Crippen LogP contribution in [0.3, 0.4) is 0 Å². The fourth-order valence-corrected chi connectivity index (χ4v) is 3.41. The Morgan fingerprint density at radius 1 is 1.25 bits per heavy atom. The molecule has 1 heterocycles. The molecule has 0 saturated carbocycles. The molecule has 0 amide bonds. The van der Waals surface area contributed by atoms with Crippen molar-refractivity contribution in [1.29, 1.82) is 0 Å². The fourth-order valence-electron chi connectivity index (χ4n) is 2.50. The van der Waals surface area contributed by atoms with Crippen molar-refractivity contribution in [3.63, 3.8) is 0 Å². The second-order valence-electron chi connectivity index (χ2n) is 5.10. The summed E-state index contributed by atoms with van der Waals surface area (Å²) in [4.78, 5) is 8.40. The van der Waals surface area contributed by atoms with Crippen LogP contribution < -0.4 is 5.73 Å². The number of nitrogens with two attached hydrogens (primary N) is 1. The highest BCUT2D eigenvalue weighted by atomic mass is 32.1. The molecule has 0 radical (unpaired) electrons. The van der Waals surface area contributed by atoms with Crippen LogP contribution in [0.1, 0.15) is 34.1 Å². The molecular formula is C16H23N3S. The molecule has 1 aromatic heterocycles. The van der Waals surface area contributed by atoms with Gasteiger partial charge in [-0.05, 0) is 26.3 Å². The summed E-state index contributed by atoms with van der Waals surface area (Å²) in [5.41, 5.74) is 8.29. The van der Waals surface area contributed by atoms with E-state index < -0.39 is 0 Å². The molecule has 0 spiro atoms. The molecule has 2 rings (SSSR count). The molecule has 0 aliphatic rings. The maximum absolute atomic E-state index is 5.78. The maximum atomic E-state index is 5.78. The number of benzene rings is 1. The quantitative estimate of drug-likeness (QED) is 0.887. The van der Waals surface area contributed by atoms with Gasteiger partial charge in [0.05, 0.1) is 16.7 Å². The number of hydrogen-bond acceptors (Lipinski definition) is 4. The van der Waals surface area contributed by atoms with Crippen molar-refractivity contribution in [2.24, 2.45) is 5.73 Å². The van der Waals surface area contributed by atoms with Gasteiger partial charge in [-0.25, -0.2) is 4.98 Å². The monoisotopic (exact) mass is 289 g/mol. The van der Waals surface area contributed by atoms with Gasteiger partial charge < -0.3 is 5.73 Å². The zero-order chi connectivity index (χ0) is 14.5. The average Bonchev–Trinajstić information content (AvgIpc) is 2.77. The van der Waals surface area contributed by atoms with Crippen LogP contribution in [-0.4, -0.2) is 23.0 Å². The van der Waals surface area contributed by atoms with Crippen LogP contribution in [0.4, 0.5) is 0 Å². The SMILES string of the molecule is Cc1nc(C(C)N(CCN)Cc2ccccc2)c(C)s1. The molecule has 4 heteroatoms. The Morgan fingerprint density at radius 2 is 1.95 bits per heavy atom. The van der Waals surface area contributed by atoms with Crippen LogP contribution in [0, 0.1) is 13.8 Å². The lowest BCUT2D eigenvalue weighted by atomic mass is 10.1. The Bertz CT molecular complexity index is 536. The summed E-state index contributed by atoms with van der Waals surface area (Å²) in [7, 11) is 0. The Hall–Kier alpha value is -1.23. The van der Waals surface area contributed by atoms with Crippen LogP contribution in [-0.2, 0) is 6.54 Å². The standard InChI is InChI=1S/C16H23N3S/c1-12(16-13(2)20-14(3)18-16)19(10-9-17)11-15-7-5-4-6-8-15/h4-8,12H,9-11,17H2,1-3H3. The lowest BCUT2D eigenvalue weighted by Crippen LogP contribution is -2.32. The third kappa shape index (κ3) is 3.66. The molecule has 0 aliphatic heterocycles. The highest BCUT2D eigenvalue weighted by Gasteiger charge is 2.20. The van der Waals surface area contributed by atoms with Gasteiger partial charge >= 0.3 is 0 Å². The van der Waals surface area contributed by atoms with E-state index in [4.69, 9.17) is 10.7 Å². The maximum Gasteiger partial charge on any atom is 0.0900 e. The summed E-state index contributed by atoms with van der Waals surface area (Å²) in [6, 6.07) is 10.8. The minimum absolute atomic E-state index is 0.295. The van der Waals surface area contributed by atoms with E-state index in [1.54, 1.807) is 11.3 Å². The normalized spacial score (nSPS) is 12.8. The van der Waals surface area contributed by atoms with Gasteiger partial charge in [0.25, 0.3) is 0 Å². The Labute approximate surface area is 125 Å². The average molecular weight is 289 g/mol. The number of rotatable bonds is 6. The molecule has 2 N–H and O–H groups in total. The van der Waals surface area contributed by atoms with Crippen LogP contribution in [0.15, 0.2) is 30.3 Å². The molecule has 2 aromatic rings. The molecule has 0 aliphatic carbocycles. The van der Waals surface area contributed by atoms with E-state index in [2.05, 4.69) is 49.9 Å². The molecule has 0 bridgehead atoms. The minimum atomic E-state index is 0.295. The summed E-state index contributed by atoms with van der Waals surface area (Å²) in [5.74, 6) is 0. The van der Waals surface area contributed by atoms with E-state index in [0.29, 0.717) is 12.6 Å². The van der Waals surface area contributed by atoms with Crippen LogP contribution in [0.25, 0.3) is 0 Å². The Morgan fingerprint density at radius 3 is 2.50 bits per heavy atom. The largest absolute Gasteiger partial charge is 0.329 e. The summed E-state index contributed by atoms with van der Waals surface area (Å²) in [6.45, 7) is 8.90. The van der Waals surface area contributed by atoms with Gasteiger partial charge in [0.1, 0.15) is 0 Å². The first-order chi connectivity index (χ1) is 9.61. The number of hydrogen-bond donors (Lipinski definition) is 1. The van der Waals surface area contributed by atoms with E-state index in [1.165, 1.54) is 16.1 Å². The molecule has 0 fully saturated rings. The number of nitrogens with zero attached hydrogens (tertiary/aromatic N) is 2. The Balaban J connectivity index is 2.17. The molecule has 3 nitrogen and oxygen atoms in total. The predicted octanol–water partition coefficient (Wildman–Crippen LogP) is 3.28. The first-order valence-electron chi connectivity index (χ1n) is 7.03. The number of aryl methyl sites for hydroxylation is 2. The summed E-state index contributed by atoms with van der Waals surface area (Å²) in [6.07, 6.45) is 0. The topological polar surface area (TPSA) is 42.2 Å². The van der Waals surface area contributed by atoms with Gasteiger partial charge in [0.15, 0.2) is 0 Å².